The second-order valence-corrected chi connectivity index (χ2v) is 8.14. The van der Waals surface area contributed by atoms with E-state index in [0.29, 0.717) is 17.1 Å². The van der Waals surface area contributed by atoms with Crippen LogP contribution in [0.25, 0.3) is 10.9 Å². The average Bonchev–Trinajstić information content (AvgIpc) is 2.79. The van der Waals surface area contributed by atoms with Crippen molar-refractivity contribution in [3.63, 3.8) is 0 Å². The number of nitriles is 1. The molecule has 0 saturated heterocycles. The predicted molar refractivity (Wildman–Crippen MR) is 122 cm³/mol. The minimum Gasteiger partial charge on any atom is -0.362 e. The highest BCUT2D eigenvalue weighted by molar-refractivity contribution is 5.94. The highest BCUT2D eigenvalue weighted by atomic mass is 16.1. The summed E-state index contributed by atoms with van der Waals surface area (Å²) in [7, 11) is 3.97. The Hall–Kier alpha value is -3.66. The molecular weight excluding hydrogens is 388 g/mol. The van der Waals surface area contributed by atoms with Crippen LogP contribution in [0.4, 0.5) is 11.8 Å². The summed E-state index contributed by atoms with van der Waals surface area (Å²) in [6, 6.07) is 17.3. The molecule has 7 heteroatoms. The molecule has 0 aliphatic heterocycles. The third kappa shape index (κ3) is 4.75. The Morgan fingerprint density at radius 2 is 1.77 bits per heavy atom. The van der Waals surface area contributed by atoms with Crippen molar-refractivity contribution >= 4 is 28.6 Å². The molecule has 0 spiro atoms. The molecule has 1 aliphatic rings. The number of hydrogen-bond acceptors (Lipinski definition) is 6. The SMILES string of the molecule is CN(C)c1nc(N[C@H]2CC[C@@H](NC(=O)c3cccc(C#N)c3)CC2)nc2ccccc12. The highest BCUT2D eigenvalue weighted by Crippen LogP contribution is 2.26. The maximum absolute atomic E-state index is 12.5. The monoisotopic (exact) mass is 414 g/mol. The standard InChI is InChI=1S/C24H26N6O/c1-30(2)22-20-8-3-4-9-21(20)28-24(29-22)27-19-12-10-18(11-13-19)26-23(31)17-7-5-6-16(14-17)15-25/h3-9,14,18-19H,10-13H2,1-2H3,(H,26,31)(H,27,28,29)/t18-,19+. The lowest BCUT2D eigenvalue weighted by Crippen LogP contribution is -2.40. The summed E-state index contributed by atoms with van der Waals surface area (Å²) in [4.78, 5) is 23.9. The third-order valence-electron chi connectivity index (χ3n) is 5.66. The molecule has 1 amide bonds. The van der Waals surface area contributed by atoms with Gasteiger partial charge < -0.3 is 15.5 Å². The first-order chi connectivity index (χ1) is 15.0. The van der Waals surface area contributed by atoms with Crippen LogP contribution in [0.15, 0.2) is 48.5 Å². The molecule has 2 N–H and O–H groups in total. The maximum Gasteiger partial charge on any atom is 0.251 e. The van der Waals surface area contributed by atoms with Crippen LogP contribution in [-0.2, 0) is 0 Å². The number of anilines is 2. The van der Waals surface area contributed by atoms with Gasteiger partial charge in [0.25, 0.3) is 5.91 Å². The van der Waals surface area contributed by atoms with E-state index >= 15 is 0 Å². The van der Waals surface area contributed by atoms with Gasteiger partial charge in [0.15, 0.2) is 0 Å². The van der Waals surface area contributed by atoms with E-state index in [1.54, 1.807) is 24.3 Å². The van der Waals surface area contributed by atoms with Gasteiger partial charge >= 0.3 is 0 Å². The van der Waals surface area contributed by atoms with Gasteiger partial charge in [-0.3, -0.25) is 4.79 Å². The van der Waals surface area contributed by atoms with Gasteiger partial charge in [0.05, 0.1) is 17.1 Å². The first-order valence-electron chi connectivity index (χ1n) is 10.5. The lowest BCUT2D eigenvalue weighted by atomic mass is 9.91. The Kier molecular flexibility index (Phi) is 5.99. The molecule has 1 heterocycles. The number of aromatic nitrogens is 2. The molecule has 4 rings (SSSR count). The number of fused-ring (bicyclic) bond motifs is 1. The molecule has 0 radical (unpaired) electrons. The second-order valence-electron chi connectivity index (χ2n) is 8.14. The minimum atomic E-state index is -0.123. The van der Waals surface area contributed by atoms with Crippen molar-refractivity contribution < 1.29 is 4.79 Å². The normalized spacial score (nSPS) is 18.2. The van der Waals surface area contributed by atoms with Gasteiger partial charge in [-0.15, -0.1) is 0 Å². The fourth-order valence-corrected chi connectivity index (χ4v) is 4.03. The molecule has 1 aliphatic carbocycles. The Morgan fingerprint density at radius 1 is 1.03 bits per heavy atom. The van der Waals surface area contributed by atoms with Crippen LogP contribution in [0.2, 0.25) is 0 Å². The zero-order chi connectivity index (χ0) is 21.8. The lowest BCUT2D eigenvalue weighted by molar-refractivity contribution is 0.0926. The minimum absolute atomic E-state index is 0.123. The Morgan fingerprint density at radius 3 is 2.52 bits per heavy atom. The van der Waals surface area contributed by atoms with Crippen molar-refractivity contribution in [3.05, 3.63) is 59.7 Å². The van der Waals surface area contributed by atoms with E-state index in [1.165, 1.54) is 0 Å². The highest BCUT2D eigenvalue weighted by Gasteiger charge is 2.24. The van der Waals surface area contributed by atoms with E-state index < -0.39 is 0 Å². The summed E-state index contributed by atoms with van der Waals surface area (Å²) in [5, 5.41) is 16.6. The molecule has 3 aromatic rings. The largest absolute Gasteiger partial charge is 0.362 e. The lowest BCUT2D eigenvalue weighted by Gasteiger charge is -2.30. The number of amides is 1. The Bertz CT molecular complexity index is 1130. The van der Waals surface area contributed by atoms with Crippen molar-refractivity contribution in [2.45, 2.75) is 37.8 Å². The van der Waals surface area contributed by atoms with Crippen molar-refractivity contribution in [3.8, 4) is 6.07 Å². The number of carbonyl (C=O) groups is 1. The van der Waals surface area contributed by atoms with Crippen molar-refractivity contribution in [1.82, 2.24) is 15.3 Å². The van der Waals surface area contributed by atoms with E-state index in [4.69, 9.17) is 15.2 Å². The van der Waals surface area contributed by atoms with Crippen LogP contribution >= 0.6 is 0 Å². The third-order valence-corrected chi connectivity index (χ3v) is 5.66. The molecule has 0 unspecified atom stereocenters. The molecule has 0 bridgehead atoms. The van der Waals surface area contributed by atoms with E-state index in [-0.39, 0.29) is 18.0 Å². The van der Waals surface area contributed by atoms with E-state index in [9.17, 15) is 4.79 Å². The van der Waals surface area contributed by atoms with Gasteiger partial charge in [-0.25, -0.2) is 4.98 Å². The Balaban J connectivity index is 1.37. The number of hydrogen-bond donors (Lipinski definition) is 2. The molecule has 2 aromatic carbocycles. The molecule has 1 aromatic heterocycles. The summed E-state index contributed by atoms with van der Waals surface area (Å²) >= 11 is 0. The molecular formula is C24H26N6O. The summed E-state index contributed by atoms with van der Waals surface area (Å²) < 4.78 is 0. The van der Waals surface area contributed by atoms with Crippen LogP contribution in [-0.4, -0.2) is 42.1 Å². The van der Waals surface area contributed by atoms with Crippen LogP contribution in [0.3, 0.4) is 0 Å². The van der Waals surface area contributed by atoms with E-state index in [1.807, 2.05) is 43.3 Å². The molecule has 1 saturated carbocycles. The topological polar surface area (TPSA) is 93.9 Å². The number of para-hydroxylation sites is 1. The number of nitrogens with zero attached hydrogens (tertiary/aromatic N) is 4. The van der Waals surface area contributed by atoms with Gasteiger partial charge in [0, 0.05) is 37.1 Å². The van der Waals surface area contributed by atoms with E-state index in [0.717, 1.165) is 42.4 Å². The molecule has 0 atom stereocenters. The fourth-order valence-electron chi connectivity index (χ4n) is 4.03. The van der Waals surface area contributed by atoms with Crippen molar-refractivity contribution in [1.29, 1.82) is 5.26 Å². The van der Waals surface area contributed by atoms with Crippen LogP contribution in [0.1, 0.15) is 41.6 Å². The molecule has 7 nitrogen and oxygen atoms in total. The van der Waals surface area contributed by atoms with Crippen LogP contribution < -0.4 is 15.5 Å². The van der Waals surface area contributed by atoms with Gasteiger partial charge in [-0.1, -0.05) is 18.2 Å². The second kappa shape index (κ2) is 9.00. The van der Waals surface area contributed by atoms with Gasteiger partial charge in [-0.2, -0.15) is 10.2 Å². The quantitative estimate of drug-likeness (QED) is 0.661. The number of rotatable bonds is 5. The predicted octanol–water partition coefficient (Wildman–Crippen LogP) is 3.72. The number of benzene rings is 2. The molecule has 1 fully saturated rings. The zero-order valence-electron chi connectivity index (χ0n) is 17.8. The zero-order valence-corrected chi connectivity index (χ0v) is 17.8. The summed E-state index contributed by atoms with van der Waals surface area (Å²) in [6.07, 6.45) is 3.62. The molecule has 31 heavy (non-hydrogen) atoms. The van der Waals surface area contributed by atoms with Gasteiger partial charge in [-0.05, 0) is 56.0 Å². The van der Waals surface area contributed by atoms with Gasteiger partial charge in [0.1, 0.15) is 5.82 Å². The first-order valence-corrected chi connectivity index (χ1v) is 10.5. The van der Waals surface area contributed by atoms with Gasteiger partial charge in [0.2, 0.25) is 5.95 Å². The Labute approximate surface area is 182 Å². The van der Waals surface area contributed by atoms with Crippen molar-refractivity contribution in [2.24, 2.45) is 0 Å². The maximum atomic E-state index is 12.5. The number of carbonyl (C=O) groups excluding carboxylic acids is 1. The van der Waals surface area contributed by atoms with E-state index in [2.05, 4.69) is 16.7 Å². The number of nitrogens with one attached hydrogen (secondary N) is 2. The summed E-state index contributed by atoms with van der Waals surface area (Å²) in [5.41, 5.74) is 1.94. The van der Waals surface area contributed by atoms with Crippen LogP contribution in [0.5, 0.6) is 0 Å². The smallest absolute Gasteiger partial charge is 0.251 e. The van der Waals surface area contributed by atoms with Crippen molar-refractivity contribution in [2.75, 3.05) is 24.3 Å². The summed E-state index contributed by atoms with van der Waals surface area (Å²) in [5.74, 6) is 1.42. The first kappa shape index (κ1) is 20.6. The van der Waals surface area contributed by atoms with Crippen LogP contribution in [0, 0.1) is 11.3 Å². The molecule has 158 valence electrons. The summed E-state index contributed by atoms with van der Waals surface area (Å²) in [6.45, 7) is 0. The fraction of sp³-hybridized carbons (Fsp3) is 0.333. The average molecular weight is 415 g/mol.